The molecule has 0 atom stereocenters. The summed E-state index contributed by atoms with van der Waals surface area (Å²) in [6.45, 7) is 6.52. The Morgan fingerprint density at radius 1 is 0.208 bits per heavy atom. The van der Waals surface area contributed by atoms with E-state index in [4.69, 9.17) is 56.8 Å². The Balaban J connectivity index is 0.888. The van der Waals surface area contributed by atoms with Gasteiger partial charge in [0.1, 0.15) is 0 Å². The summed E-state index contributed by atoms with van der Waals surface area (Å²) in [5.41, 5.74) is 0. The Hall–Kier alpha value is -7.08. The van der Waals surface area contributed by atoms with E-state index in [-0.39, 0.29) is 0 Å². The molecule has 0 unspecified atom stereocenters. The van der Waals surface area contributed by atoms with Crippen LogP contribution in [-0.2, 0) is 0 Å². The topological polar surface area (TPSA) is 111 Å². The summed E-state index contributed by atoms with van der Waals surface area (Å²) < 4.78 is 71.8. The number of ether oxygens (including phenoxy) is 12. The average Bonchev–Trinajstić information content (AvgIpc) is 3.42. The molecule has 0 bridgehead atoms. The van der Waals surface area contributed by atoms with Crippen LogP contribution < -0.4 is 56.8 Å². The van der Waals surface area contributed by atoms with E-state index in [9.17, 15) is 0 Å². The fourth-order valence-corrected chi connectivity index (χ4v) is 9.81. The number of hydrogen-bond donors (Lipinski definition) is 0. The summed E-state index contributed by atoms with van der Waals surface area (Å²) in [5.74, 6) is 8.09. The van der Waals surface area contributed by atoms with Crippen molar-refractivity contribution in [3.63, 3.8) is 0 Å². The van der Waals surface area contributed by atoms with Crippen LogP contribution in [0.15, 0.2) is 72.8 Å². The minimum atomic E-state index is 0.581. The Morgan fingerprint density at radius 2 is 0.361 bits per heavy atom. The van der Waals surface area contributed by atoms with Gasteiger partial charge in [0.25, 0.3) is 0 Å². The summed E-state index contributed by atoms with van der Waals surface area (Å²) >= 11 is 0. The first-order valence-electron chi connectivity index (χ1n) is 25.2. The number of hydrogen-bond acceptors (Lipinski definition) is 12. The normalized spacial score (nSPS) is 11.4. The molecule has 72 heavy (non-hydrogen) atoms. The summed E-state index contributed by atoms with van der Waals surface area (Å²) in [7, 11) is 13.3. The van der Waals surface area contributed by atoms with Crippen LogP contribution in [0.1, 0.15) is 78.1 Å². The molecule has 0 saturated heterocycles. The molecule has 0 N–H and O–H groups in total. The fourth-order valence-electron chi connectivity index (χ4n) is 9.81. The van der Waals surface area contributed by atoms with Crippen molar-refractivity contribution < 1.29 is 56.8 Å². The van der Waals surface area contributed by atoms with E-state index < -0.39 is 0 Å². The van der Waals surface area contributed by atoms with Crippen molar-refractivity contribution in [2.24, 2.45) is 0 Å². The summed E-state index contributed by atoms with van der Waals surface area (Å²) in [4.78, 5) is 0. The second-order valence-corrected chi connectivity index (χ2v) is 17.9. The van der Waals surface area contributed by atoms with Gasteiger partial charge in [-0.2, -0.15) is 0 Å². The third-order valence-electron chi connectivity index (χ3n) is 13.5. The van der Waals surface area contributed by atoms with Crippen molar-refractivity contribution in [1.82, 2.24) is 0 Å². The zero-order valence-electron chi connectivity index (χ0n) is 43.7. The van der Waals surface area contributed by atoms with Crippen LogP contribution in [0.4, 0.5) is 0 Å². The van der Waals surface area contributed by atoms with Crippen molar-refractivity contribution in [2.75, 3.05) is 83.3 Å². The highest BCUT2D eigenvalue weighted by molar-refractivity contribution is 6.28. The monoisotopic (exact) mass is 982 g/mol. The molecule has 382 valence electrons. The molecule has 0 aliphatic rings. The van der Waals surface area contributed by atoms with Crippen LogP contribution in [0.5, 0.6) is 69.0 Å². The van der Waals surface area contributed by atoms with Gasteiger partial charge in [0.2, 0.25) is 0 Å². The number of unbranched alkanes of at least 4 members (excludes halogenated alkanes) is 7. The highest BCUT2D eigenvalue weighted by atomic mass is 16.5. The van der Waals surface area contributed by atoms with E-state index in [1.807, 2.05) is 30.3 Å². The van der Waals surface area contributed by atoms with Gasteiger partial charge in [-0.1, -0.05) is 52.4 Å². The number of benzene rings is 8. The van der Waals surface area contributed by atoms with Gasteiger partial charge < -0.3 is 56.8 Å². The molecule has 0 aliphatic heterocycles. The standard InChI is InChI=1S/C60H70O12/c1-11-21-69-57-33-45-40-28-52(64-6)51(63-5)27-39(40)41-30-55(67-9)59(35-46(41)44(45)32-54(57)66-8)71-23-19-17-15-13-14-16-18-20-24-72-60-36-48-43(31-56(60)68-10)38-26-50(62-4)49(61-3)25-37(38)42-29-53(65-7)58(34-47(42)48)70-22-12-2/h25-36H,11-24H2,1-10H3. The second-order valence-electron chi connectivity index (χ2n) is 17.9. The number of rotatable bonds is 27. The summed E-state index contributed by atoms with van der Waals surface area (Å²) in [5, 5.41) is 12.1. The first-order chi connectivity index (χ1) is 35.3. The predicted molar refractivity (Wildman–Crippen MR) is 290 cm³/mol. The SMILES string of the molecule is CCCOc1cc2c3cc(OC)c(OC)cc3c3cc(OC)c(OCCCCCCCCCCOc4cc5c(cc4OC)c4cc(OC)c(OC)cc4c4cc(OC)c(OCCC)cc45)cc3c2cc1OC. The molecule has 0 spiro atoms. The van der Waals surface area contributed by atoms with E-state index in [0.29, 0.717) is 95.4 Å². The van der Waals surface area contributed by atoms with Crippen molar-refractivity contribution in [2.45, 2.75) is 78.1 Å². The second kappa shape index (κ2) is 23.9. The van der Waals surface area contributed by atoms with Crippen LogP contribution in [-0.4, -0.2) is 83.3 Å². The van der Waals surface area contributed by atoms with Gasteiger partial charge in [-0.3, -0.25) is 0 Å². The Morgan fingerprint density at radius 3 is 0.542 bits per heavy atom. The predicted octanol–water partition coefficient (Wildman–Crippen LogP) is 14.8. The van der Waals surface area contributed by atoms with Crippen LogP contribution >= 0.6 is 0 Å². The number of fused-ring (bicyclic) bond motifs is 12. The van der Waals surface area contributed by atoms with E-state index >= 15 is 0 Å². The van der Waals surface area contributed by atoms with Gasteiger partial charge in [0.15, 0.2) is 69.0 Å². The van der Waals surface area contributed by atoms with Crippen LogP contribution in [0.25, 0.3) is 64.6 Å². The van der Waals surface area contributed by atoms with Gasteiger partial charge in [-0.25, -0.2) is 0 Å². The molecule has 0 amide bonds. The fraction of sp³-hybridized carbons (Fsp3) is 0.400. The zero-order chi connectivity index (χ0) is 50.7. The van der Waals surface area contributed by atoms with Crippen molar-refractivity contribution >= 4 is 64.6 Å². The maximum Gasteiger partial charge on any atom is 0.161 e. The molecular formula is C60H70O12. The molecule has 12 nitrogen and oxygen atoms in total. The van der Waals surface area contributed by atoms with Crippen LogP contribution in [0.3, 0.4) is 0 Å². The Labute approximate surface area is 423 Å². The minimum absolute atomic E-state index is 0.581. The molecule has 12 heteroatoms. The Kier molecular flexibility index (Phi) is 17.0. The molecule has 0 radical (unpaired) electrons. The summed E-state index contributed by atoms with van der Waals surface area (Å²) in [6, 6.07) is 24.7. The smallest absolute Gasteiger partial charge is 0.161 e. The van der Waals surface area contributed by atoms with E-state index in [1.54, 1.807) is 56.9 Å². The molecule has 0 aliphatic carbocycles. The van der Waals surface area contributed by atoms with Gasteiger partial charge in [0, 0.05) is 0 Å². The molecule has 8 aromatic carbocycles. The maximum absolute atomic E-state index is 6.48. The van der Waals surface area contributed by atoms with Gasteiger partial charge in [-0.15, -0.1) is 0 Å². The molecule has 0 heterocycles. The molecule has 0 fully saturated rings. The highest BCUT2D eigenvalue weighted by Gasteiger charge is 2.22. The van der Waals surface area contributed by atoms with Crippen molar-refractivity contribution in [1.29, 1.82) is 0 Å². The third kappa shape index (κ3) is 10.5. The average molecular weight is 983 g/mol. The molecule has 0 aromatic heterocycles. The molecule has 8 rings (SSSR count). The van der Waals surface area contributed by atoms with Gasteiger partial charge >= 0.3 is 0 Å². The van der Waals surface area contributed by atoms with Crippen molar-refractivity contribution in [3.05, 3.63) is 72.8 Å². The summed E-state index contributed by atoms with van der Waals surface area (Å²) in [6.07, 6.45) is 10.4. The third-order valence-corrected chi connectivity index (χ3v) is 13.5. The van der Waals surface area contributed by atoms with Crippen molar-refractivity contribution in [3.8, 4) is 69.0 Å². The van der Waals surface area contributed by atoms with E-state index in [1.165, 1.54) is 12.8 Å². The molecule has 8 aromatic rings. The van der Waals surface area contributed by atoms with Gasteiger partial charge in [0.05, 0.1) is 83.3 Å². The first-order valence-corrected chi connectivity index (χ1v) is 25.2. The van der Waals surface area contributed by atoms with Crippen LogP contribution in [0, 0.1) is 0 Å². The zero-order valence-corrected chi connectivity index (χ0v) is 43.7. The largest absolute Gasteiger partial charge is 0.493 e. The van der Waals surface area contributed by atoms with Gasteiger partial charge in [-0.05, 0) is 163 Å². The maximum atomic E-state index is 6.48. The Bertz CT molecular complexity index is 3180. The lowest BCUT2D eigenvalue weighted by molar-refractivity contribution is 0.283. The quantitative estimate of drug-likeness (QED) is 0.0361. The molecule has 0 saturated carbocycles. The van der Waals surface area contributed by atoms with E-state index in [2.05, 4.69) is 56.3 Å². The van der Waals surface area contributed by atoms with Crippen LogP contribution in [0.2, 0.25) is 0 Å². The lowest BCUT2D eigenvalue weighted by Crippen LogP contribution is -2.01. The van der Waals surface area contributed by atoms with E-state index in [0.717, 1.165) is 116 Å². The lowest BCUT2D eigenvalue weighted by Gasteiger charge is -2.19. The minimum Gasteiger partial charge on any atom is -0.493 e. The lowest BCUT2D eigenvalue weighted by atomic mass is 9.93. The first kappa shape index (κ1) is 51.3. The highest BCUT2D eigenvalue weighted by Crippen LogP contribution is 2.49. The molecular weight excluding hydrogens is 913 g/mol. The number of methoxy groups -OCH3 is 8.